The SMILES string of the molecule is CC(C)CNC(=O)[C@@H](C)Oc1ccc(S(=O)(=O)NC[C@@H]2CCCO2)cc1. The molecule has 2 atom stereocenters. The highest BCUT2D eigenvalue weighted by molar-refractivity contribution is 7.89. The third-order valence-electron chi connectivity index (χ3n) is 4.03. The molecule has 0 aromatic heterocycles. The summed E-state index contributed by atoms with van der Waals surface area (Å²) in [6.45, 7) is 7.22. The molecule has 0 saturated carbocycles. The highest BCUT2D eigenvalue weighted by Crippen LogP contribution is 2.18. The molecule has 1 aromatic rings. The lowest BCUT2D eigenvalue weighted by Crippen LogP contribution is -2.38. The second-order valence-electron chi connectivity index (χ2n) is 6.86. The minimum Gasteiger partial charge on any atom is -0.481 e. The fourth-order valence-electron chi connectivity index (χ4n) is 2.49. The van der Waals surface area contributed by atoms with Gasteiger partial charge in [0.1, 0.15) is 5.75 Å². The summed E-state index contributed by atoms with van der Waals surface area (Å²) < 4.78 is 38.2. The molecule has 0 bridgehead atoms. The van der Waals surface area contributed by atoms with Crippen LogP contribution in [-0.4, -0.2) is 46.2 Å². The van der Waals surface area contributed by atoms with Crippen LogP contribution in [-0.2, 0) is 19.6 Å². The van der Waals surface area contributed by atoms with Gasteiger partial charge in [-0.1, -0.05) is 13.8 Å². The first-order valence-electron chi connectivity index (χ1n) is 8.93. The van der Waals surface area contributed by atoms with Crippen LogP contribution in [0, 0.1) is 5.92 Å². The summed E-state index contributed by atoms with van der Waals surface area (Å²) >= 11 is 0. The minimum atomic E-state index is -3.59. The zero-order chi connectivity index (χ0) is 19.2. The number of hydrogen-bond donors (Lipinski definition) is 2. The molecular weight excluding hydrogens is 356 g/mol. The second kappa shape index (κ2) is 9.34. The van der Waals surface area contributed by atoms with Crippen molar-refractivity contribution in [1.29, 1.82) is 0 Å². The maximum atomic E-state index is 12.3. The van der Waals surface area contributed by atoms with E-state index in [9.17, 15) is 13.2 Å². The zero-order valence-electron chi connectivity index (χ0n) is 15.5. The third-order valence-corrected chi connectivity index (χ3v) is 5.47. The molecule has 0 unspecified atom stereocenters. The standard InChI is InChI=1S/C18H28N2O5S/c1-13(2)11-19-18(21)14(3)25-15-6-8-17(9-7-15)26(22,23)20-12-16-5-4-10-24-16/h6-9,13-14,16,20H,4-5,10-12H2,1-3H3,(H,19,21)/t14-,16+/m1/s1. The summed E-state index contributed by atoms with van der Waals surface area (Å²) in [6, 6.07) is 6.03. The lowest BCUT2D eigenvalue weighted by molar-refractivity contribution is -0.127. The molecule has 1 fully saturated rings. The highest BCUT2D eigenvalue weighted by atomic mass is 32.2. The smallest absolute Gasteiger partial charge is 0.260 e. The Kier molecular flexibility index (Phi) is 7.43. The number of amides is 1. The molecule has 8 heteroatoms. The highest BCUT2D eigenvalue weighted by Gasteiger charge is 2.20. The van der Waals surface area contributed by atoms with Crippen LogP contribution in [0.4, 0.5) is 0 Å². The molecule has 1 aromatic carbocycles. The van der Waals surface area contributed by atoms with E-state index in [0.717, 1.165) is 12.8 Å². The number of sulfonamides is 1. The van der Waals surface area contributed by atoms with Gasteiger partial charge in [0.05, 0.1) is 11.0 Å². The largest absolute Gasteiger partial charge is 0.481 e. The van der Waals surface area contributed by atoms with Crippen molar-refractivity contribution >= 4 is 15.9 Å². The average molecular weight is 384 g/mol. The predicted molar refractivity (Wildman–Crippen MR) is 98.5 cm³/mol. The molecule has 26 heavy (non-hydrogen) atoms. The van der Waals surface area contributed by atoms with Gasteiger partial charge in [-0.15, -0.1) is 0 Å². The Labute approximate surface area is 155 Å². The number of nitrogens with one attached hydrogen (secondary N) is 2. The molecule has 1 aliphatic rings. The Balaban J connectivity index is 1.89. The van der Waals surface area contributed by atoms with Gasteiger partial charge in [0, 0.05) is 19.7 Å². The molecule has 1 amide bonds. The summed E-state index contributed by atoms with van der Waals surface area (Å²) in [5.74, 6) is 0.599. The van der Waals surface area contributed by atoms with E-state index in [-0.39, 0.29) is 23.5 Å². The maximum Gasteiger partial charge on any atom is 0.260 e. The Morgan fingerprint density at radius 1 is 1.27 bits per heavy atom. The van der Waals surface area contributed by atoms with Gasteiger partial charge in [-0.25, -0.2) is 13.1 Å². The first-order chi connectivity index (χ1) is 12.3. The van der Waals surface area contributed by atoms with Crippen molar-refractivity contribution in [2.24, 2.45) is 5.92 Å². The van der Waals surface area contributed by atoms with E-state index in [1.54, 1.807) is 19.1 Å². The van der Waals surface area contributed by atoms with Gasteiger partial charge in [-0.05, 0) is 49.9 Å². The monoisotopic (exact) mass is 384 g/mol. The van der Waals surface area contributed by atoms with Crippen LogP contribution in [0.1, 0.15) is 33.6 Å². The quantitative estimate of drug-likeness (QED) is 0.676. The summed E-state index contributed by atoms with van der Waals surface area (Å²) in [5.41, 5.74) is 0. The average Bonchev–Trinajstić information content (AvgIpc) is 3.12. The number of hydrogen-bond acceptors (Lipinski definition) is 5. The van der Waals surface area contributed by atoms with Crippen LogP contribution in [0.25, 0.3) is 0 Å². The van der Waals surface area contributed by atoms with E-state index < -0.39 is 16.1 Å². The van der Waals surface area contributed by atoms with Gasteiger partial charge in [-0.3, -0.25) is 4.79 Å². The molecule has 1 saturated heterocycles. The van der Waals surface area contributed by atoms with E-state index in [0.29, 0.717) is 24.8 Å². The molecule has 0 spiro atoms. The van der Waals surface area contributed by atoms with Crippen molar-refractivity contribution < 1.29 is 22.7 Å². The van der Waals surface area contributed by atoms with Crippen LogP contribution in [0.5, 0.6) is 5.75 Å². The molecule has 1 aliphatic heterocycles. The summed E-state index contributed by atoms with van der Waals surface area (Å²) in [4.78, 5) is 12.1. The van der Waals surface area contributed by atoms with Crippen molar-refractivity contribution in [2.75, 3.05) is 19.7 Å². The first kappa shape index (κ1) is 20.7. The van der Waals surface area contributed by atoms with Crippen molar-refractivity contribution in [3.8, 4) is 5.75 Å². The lowest BCUT2D eigenvalue weighted by atomic mass is 10.2. The van der Waals surface area contributed by atoms with Crippen LogP contribution < -0.4 is 14.8 Å². The van der Waals surface area contributed by atoms with E-state index in [2.05, 4.69) is 10.0 Å². The van der Waals surface area contributed by atoms with E-state index in [4.69, 9.17) is 9.47 Å². The normalized spacial score (nSPS) is 18.7. The van der Waals surface area contributed by atoms with Gasteiger partial charge in [0.15, 0.2) is 6.10 Å². The number of carbonyl (C=O) groups excluding carboxylic acids is 1. The summed E-state index contributed by atoms with van der Waals surface area (Å²) in [7, 11) is -3.59. The van der Waals surface area contributed by atoms with Gasteiger partial charge >= 0.3 is 0 Å². The molecule has 2 N–H and O–H groups in total. The van der Waals surface area contributed by atoms with Crippen molar-refractivity contribution in [3.63, 3.8) is 0 Å². The Morgan fingerprint density at radius 2 is 1.96 bits per heavy atom. The van der Waals surface area contributed by atoms with Gasteiger partial charge in [0.2, 0.25) is 10.0 Å². The zero-order valence-corrected chi connectivity index (χ0v) is 16.3. The van der Waals surface area contributed by atoms with Crippen LogP contribution in [0.15, 0.2) is 29.2 Å². The molecular formula is C18H28N2O5S. The van der Waals surface area contributed by atoms with Crippen molar-refractivity contribution in [2.45, 2.75) is 50.7 Å². The maximum absolute atomic E-state index is 12.3. The number of ether oxygens (including phenoxy) is 2. The molecule has 1 heterocycles. The molecule has 0 radical (unpaired) electrons. The molecule has 146 valence electrons. The van der Waals surface area contributed by atoms with Crippen molar-refractivity contribution in [1.82, 2.24) is 10.0 Å². The number of carbonyl (C=O) groups is 1. The minimum absolute atomic E-state index is 0.0578. The third kappa shape index (κ3) is 6.26. The van der Waals surface area contributed by atoms with Crippen molar-refractivity contribution in [3.05, 3.63) is 24.3 Å². The summed E-state index contributed by atoms with van der Waals surface area (Å²) in [5, 5.41) is 2.80. The predicted octanol–water partition coefficient (Wildman–Crippen LogP) is 1.68. The van der Waals surface area contributed by atoms with E-state index in [1.807, 2.05) is 13.8 Å². The molecule has 2 rings (SSSR count). The van der Waals surface area contributed by atoms with Gasteiger partial charge in [0.25, 0.3) is 5.91 Å². The van der Waals surface area contributed by atoms with Gasteiger partial charge < -0.3 is 14.8 Å². The second-order valence-corrected chi connectivity index (χ2v) is 8.62. The fourth-order valence-corrected chi connectivity index (χ4v) is 3.56. The Morgan fingerprint density at radius 3 is 2.54 bits per heavy atom. The van der Waals surface area contributed by atoms with Crippen LogP contribution in [0.2, 0.25) is 0 Å². The van der Waals surface area contributed by atoms with Gasteiger partial charge in [-0.2, -0.15) is 0 Å². The van der Waals surface area contributed by atoms with E-state index in [1.165, 1.54) is 12.1 Å². The van der Waals surface area contributed by atoms with E-state index >= 15 is 0 Å². The van der Waals surface area contributed by atoms with Crippen LogP contribution >= 0.6 is 0 Å². The topological polar surface area (TPSA) is 93.7 Å². The van der Waals surface area contributed by atoms with Crippen LogP contribution in [0.3, 0.4) is 0 Å². The molecule has 7 nitrogen and oxygen atoms in total. The fraction of sp³-hybridized carbons (Fsp3) is 0.611. The Bertz CT molecular complexity index is 682. The lowest BCUT2D eigenvalue weighted by Gasteiger charge is -2.16. The number of benzene rings is 1. The Hall–Kier alpha value is -1.64. The first-order valence-corrected chi connectivity index (χ1v) is 10.4. The molecule has 0 aliphatic carbocycles. The number of rotatable bonds is 9. The summed E-state index contributed by atoms with van der Waals surface area (Å²) in [6.07, 6.45) is 1.11.